The summed E-state index contributed by atoms with van der Waals surface area (Å²) in [6.45, 7) is 1.93. The lowest BCUT2D eigenvalue weighted by molar-refractivity contribution is -0.0160. The molecule has 2 aliphatic carbocycles. The lowest BCUT2D eigenvalue weighted by atomic mass is 9.95. The molecule has 74 valence electrons. The van der Waals surface area contributed by atoms with Crippen LogP contribution in [0.25, 0.3) is 0 Å². The maximum absolute atomic E-state index is 9.24. The summed E-state index contributed by atoms with van der Waals surface area (Å²) in [7, 11) is 0. The second kappa shape index (κ2) is 4.21. The molecule has 0 aromatic carbocycles. The van der Waals surface area contributed by atoms with Crippen LogP contribution in [-0.4, -0.2) is 34.1 Å². The minimum atomic E-state index is -0.399. The van der Waals surface area contributed by atoms with Gasteiger partial charge in [0.1, 0.15) is 0 Å². The van der Waals surface area contributed by atoms with Gasteiger partial charge in [-0.3, -0.25) is 0 Å². The van der Waals surface area contributed by atoms with Crippen molar-refractivity contribution in [2.45, 2.75) is 38.4 Å². The van der Waals surface area contributed by atoms with Crippen molar-refractivity contribution in [3.8, 4) is 0 Å². The molecular formula is C9H20O3. The maximum atomic E-state index is 9.24. The van der Waals surface area contributed by atoms with Crippen LogP contribution in [0.2, 0.25) is 0 Å². The Balaban J connectivity index is 0.000000324. The Morgan fingerprint density at radius 2 is 1.50 bits per heavy atom. The zero-order valence-electron chi connectivity index (χ0n) is 7.48. The summed E-state index contributed by atoms with van der Waals surface area (Å²) in [4.78, 5) is 0. The van der Waals surface area contributed by atoms with Crippen LogP contribution in [0.5, 0.6) is 0 Å². The molecule has 12 heavy (non-hydrogen) atoms. The van der Waals surface area contributed by atoms with E-state index in [1.807, 2.05) is 0 Å². The summed E-state index contributed by atoms with van der Waals surface area (Å²) in [5.74, 6) is 0.843. The van der Waals surface area contributed by atoms with Crippen LogP contribution in [0.4, 0.5) is 0 Å². The van der Waals surface area contributed by atoms with Crippen LogP contribution in [0.15, 0.2) is 0 Å². The average Bonchev–Trinajstić information content (AvgIpc) is 2.58. The summed E-state index contributed by atoms with van der Waals surface area (Å²) < 4.78 is 0. The number of hydrogen-bond donors (Lipinski definition) is 3. The largest absolute Gasteiger partial charge is 0.397 e. The second-order valence-electron chi connectivity index (χ2n) is 3.63. The maximum Gasteiger partial charge on any atom is 0.0830 e. The number of aliphatic hydroxyl groups is 3. The molecule has 0 aromatic rings. The summed E-state index contributed by atoms with van der Waals surface area (Å²) in [5, 5.41) is 26.0. The third-order valence-corrected chi connectivity index (χ3v) is 2.83. The molecule has 3 nitrogen and oxygen atoms in total. The standard InChI is InChI=1S/C7H12O2.C2H6O.H2/c8-6-4-1-2-5(3-4)7(6)9;1-2-3;/h4-9H,1-3H2;3H,2H2,1H3;1H/i;;1+1. The minimum absolute atomic E-state index is 0. The van der Waals surface area contributed by atoms with Gasteiger partial charge in [0.05, 0.1) is 12.2 Å². The Morgan fingerprint density at radius 1 is 1.17 bits per heavy atom. The number of rotatable bonds is 0. The first-order chi connectivity index (χ1) is 5.70. The molecule has 0 aromatic heterocycles. The monoisotopic (exact) mass is 177 g/mol. The topological polar surface area (TPSA) is 60.7 Å². The van der Waals surface area contributed by atoms with Gasteiger partial charge in [-0.15, -0.1) is 0 Å². The van der Waals surface area contributed by atoms with Crippen molar-refractivity contribution in [3.05, 3.63) is 0 Å². The molecule has 0 aliphatic heterocycles. The van der Waals surface area contributed by atoms with Gasteiger partial charge in [0, 0.05) is 8.03 Å². The first kappa shape index (κ1) is 9.96. The van der Waals surface area contributed by atoms with Crippen LogP contribution in [0, 0.1) is 11.8 Å². The Hall–Kier alpha value is -0.120. The molecule has 2 fully saturated rings. The molecule has 0 spiro atoms. The second-order valence-corrected chi connectivity index (χ2v) is 3.63. The third-order valence-electron chi connectivity index (χ3n) is 2.83. The molecule has 0 radical (unpaired) electrons. The van der Waals surface area contributed by atoms with E-state index in [1.165, 1.54) is 0 Å². The Kier molecular flexibility index (Phi) is 3.50. The van der Waals surface area contributed by atoms with E-state index in [1.54, 1.807) is 6.92 Å². The highest BCUT2D eigenvalue weighted by atomic mass is 16.3. The molecule has 0 saturated heterocycles. The molecule has 4 atom stereocenters. The fourth-order valence-corrected chi connectivity index (χ4v) is 2.23. The molecule has 2 rings (SSSR count). The van der Waals surface area contributed by atoms with E-state index < -0.39 is 12.2 Å². The fraction of sp³-hybridized carbons (Fsp3) is 1.00. The van der Waals surface area contributed by atoms with Crippen LogP contribution >= 0.6 is 0 Å². The van der Waals surface area contributed by atoms with Crippen LogP contribution in [-0.2, 0) is 0 Å². The van der Waals surface area contributed by atoms with Gasteiger partial charge in [-0.25, -0.2) is 0 Å². The minimum Gasteiger partial charge on any atom is -0.397 e. The van der Waals surface area contributed by atoms with Crippen molar-refractivity contribution in [1.82, 2.24) is 0 Å². The average molecular weight is 177 g/mol. The van der Waals surface area contributed by atoms with Crippen molar-refractivity contribution < 1.29 is 16.7 Å². The summed E-state index contributed by atoms with van der Waals surface area (Å²) in [6, 6.07) is 0. The van der Waals surface area contributed by atoms with Gasteiger partial charge in [-0.05, 0) is 38.0 Å². The quantitative estimate of drug-likeness (QED) is 0.501. The molecule has 4 unspecified atom stereocenters. The molecule has 0 heterocycles. The van der Waals surface area contributed by atoms with Gasteiger partial charge in [0.25, 0.3) is 0 Å². The zero-order valence-corrected chi connectivity index (χ0v) is 7.48. The first-order valence-electron chi connectivity index (χ1n) is 4.67. The zero-order chi connectivity index (χ0) is 9.14. The van der Waals surface area contributed by atoms with Crippen LogP contribution < -0.4 is 0 Å². The van der Waals surface area contributed by atoms with E-state index in [0.717, 1.165) is 19.3 Å². The molecule has 2 aliphatic rings. The van der Waals surface area contributed by atoms with E-state index in [9.17, 15) is 10.2 Å². The SMILES string of the molecule is CCO.OC1C2CCC(C2)C1O.[2HH]. The van der Waals surface area contributed by atoms with Gasteiger partial charge in [0.15, 0.2) is 0 Å². The molecule has 0 amide bonds. The molecule has 2 bridgehead atoms. The Bertz CT molecular complexity index is 125. The summed E-state index contributed by atoms with van der Waals surface area (Å²) in [5.41, 5.74) is 0. The van der Waals surface area contributed by atoms with Crippen molar-refractivity contribution in [1.29, 1.82) is 0 Å². The molecule has 3 heteroatoms. The van der Waals surface area contributed by atoms with Gasteiger partial charge in [-0.2, -0.15) is 0 Å². The fourth-order valence-electron chi connectivity index (χ4n) is 2.23. The Labute approximate surface area is 74.5 Å². The lowest BCUT2D eigenvalue weighted by Gasteiger charge is -2.21. The highest BCUT2D eigenvalue weighted by Gasteiger charge is 2.45. The first-order valence-corrected chi connectivity index (χ1v) is 4.67. The van der Waals surface area contributed by atoms with E-state index >= 15 is 0 Å². The predicted molar refractivity (Wildman–Crippen MR) is 47.7 cm³/mol. The van der Waals surface area contributed by atoms with E-state index in [4.69, 9.17) is 5.11 Å². The van der Waals surface area contributed by atoms with Crippen molar-refractivity contribution in [2.24, 2.45) is 11.8 Å². The van der Waals surface area contributed by atoms with Crippen LogP contribution in [0.1, 0.15) is 27.6 Å². The molecule has 3 N–H and O–H groups in total. The number of fused-ring (bicyclic) bond motifs is 2. The third kappa shape index (κ3) is 1.79. The smallest absolute Gasteiger partial charge is 0.0830 e. The van der Waals surface area contributed by atoms with E-state index in [-0.39, 0.29) is 8.03 Å². The lowest BCUT2D eigenvalue weighted by Crippen LogP contribution is -2.31. The van der Waals surface area contributed by atoms with Gasteiger partial charge in [-0.1, -0.05) is 0 Å². The van der Waals surface area contributed by atoms with Gasteiger partial charge >= 0.3 is 0 Å². The number of aliphatic hydroxyl groups excluding tert-OH is 3. The highest BCUT2D eigenvalue weighted by molar-refractivity contribution is 4.96. The summed E-state index contributed by atoms with van der Waals surface area (Å²) >= 11 is 0. The van der Waals surface area contributed by atoms with Gasteiger partial charge in [0.2, 0.25) is 0 Å². The van der Waals surface area contributed by atoms with Gasteiger partial charge < -0.3 is 15.3 Å². The molecule has 2 saturated carbocycles. The predicted octanol–water partition coefficient (Wildman–Crippen LogP) is 0.383. The van der Waals surface area contributed by atoms with Crippen molar-refractivity contribution >= 4 is 0 Å². The number of hydrogen-bond acceptors (Lipinski definition) is 3. The normalized spacial score (nSPS) is 44.0. The van der Waals surface area contributed by atoms with Crippen LogP contribution in [0.3, 0.4) is 0 Å². The van der Waals surface area contributed by atoms with E-state index in [0.29, 0.717) is 11.8 Å². The van der Waals surface area contributed by atoms with E-state index in [2.05, 4.69) is 0 Å². The molecular weight excluding hydrogens is 156 g/mol. The highest BCUT2D eigenvalue weighted by Crippen LogP contribution is 2.44. The Morgan fingerprint density at radius 3 is 1.67 bits per heavy atom. The van der Waals surface area contributed by atoms with Crippen molar-refractivity contribution in [2.75, 3.05) is 6.61 Å². The van der Waals surface area contributed by atoms with Crippen molar-refractivity contribution in [3.63, 3.8) is 0 Å². The summed E-state index contributed by atoms with van der Waals surface area (Å²) in [6.07, 6.45) is 2.51.